The number of hydrogen-bond donors (Lipinski definition) is 1. The maximum atomic E-state index is 4.56. The van der Waals surface area contributed by atoms with Gasteiger partial charge in [-0.25, -0.2) is 9.67 Å². The molecule has 0 spiro atoms. The van der Waals surface area contributed by atoms with Crippen molar-refractivity contribution in [3.8, 4) is 0 Å². The van der Waals surface area contributed by atoms with Gasteiger partial charge in [-0.15, -0.1) is 10.2 Å². The number of hydrogen-bond acceptors (Lipinski definition) is 6. The molecule has 1 N–H and O–H groups in total. The van der Waals surface area contributed by atoms with E-state index in [9.17, 15) is 0 Å². The molecule has 0 atom stereocenters. The van der Waals surface area contributed by atoms with Gasteiger partial charge in [0, 0.05) is 13.0 Å². The number of tetrazole rings is 1. The summed E-state index contributed by atoms with van der Waals surface area (Å²) >= 11 is 1.58. The fraction of sp³-hybridized carbons (Fsp3) is 0.786. The normalized spacial score (nSPS) is 15.7. The van der Waals surface area contributed by atoms with Gasteiger partial charge in [0.05, 0.1) is 5.75 Å². The van der Waals surface area contributed by atoms with Gasteiger partial charge in [-0.2, -0.15) is 0 Å². The summed E-state index contributed by atoms with van der Waals surface area (Å²) in [5, 5.41) is 19.9. The van der Waals surface area contributed by atoms with Crippen LogP contribution in [0.3, 0.4) is 0 Å². The van der Waals surface area contributed by atoms with E-state index in [-0.39, 0.29) is 0 Å². The molecule has 1 aliphatic rings. The van der Waals surface area contributed by atoms with Crippen LogP contribution >= 0.6 is 11.8 Å². The van der Waals surface area contributed by atoms with Crippen LogP contribution in [0.25, 0.3) is 0 Å². The van der Waals surface area contributed by atoms with Gasteiger partial charge >= 0.3 is 0 Å². The highest BCUT2D eigenvalue weighted by Crippen LogP contribution is 2.28. The summed E-state index contributed by atoms with van der Waals surface area (Å²) in [6.45, 7) is 2.97. The van der Waals surface area contributed by atoms with Crippen LogP contribution in [0.4, 0.5) is 0 Å². The maximum Gasteiger partial charge on any atom is 0.208 e. The summed E-state index contributed by atoms with van der Waals surface area (Å²) in [5.41, 5.74) is 0. The van der Waals surface area contributed by atoms with E-state index in [0.29, 0.717) is 5.75 Å². The van der Waals surface area contributed by atoms with E-state index in [4.69, 9.17) is 0 Å². The molecule has 0 unspecified atom stereocenters. The third-order valence-corrected chi connectivity index (χ3v) is 4.99. The predicted molar refractivity (Wildman–Crippen MR) is 84.3 cm³/mol. The highest BCUT2D eigenvalue weighted by Gasteiger charge is 2.16. The van der Waals surface area contributed by atoms with Gasteiger partial charge in [-0.1, -0.05) is 44.4 Å². The van der Waals surface area contributed by atoms with Crippen molar-refractivity contribution in [1.29, 1.82) is 0 Å². The lowest BCUT2D eigenvalue weighted by molar-refractivity contribution is 0.497. The summed E-state index contributed by atoms with van der Waals surface area (Å²) in [5.74, 6) is 3.47. The second kappa shape index (κ2) is 7.71. The Morgan fingerprint density at radius 1 is 1.32 bits per heavy atom. The highest BCUT2D eigenvalue weighted by atomic mass is 32.2. The minimum atomic E-state index is 0.701. The number of thioether (sulfide) groups is 1. The van der Waals surface area contributed by atoms with E-state index in [0.717, 1.165) is 42.1 Å². The molecule has 0 radical (unpaired) electrons. The molecule has 8 heteroatoms. The van der Waals surface area contributed by atoms with Crippen molar-refractivity contribution >= 4 is 11.8 Å². The Morgan fingerprint density at radius 2 is 2.18 bits per heavy atom. The van der Waals surface area contributed by atoms with Gasteiger partial charge in [0.1, 0.15) is 5.82 Å². The Balaban J connectivity index is 1.47. The molecule has 0 aliphatic heterocycles. The summed E-state index contributed by atoms with van der Waals surface area (Å²) in [6.07, 6.45) is 8.82. The maximum absolute atomic E-state index is 4.56. The minimum absolute atomic E-state index is 0.701. The molecule has 3 rings (SSSR count). The monoisotopic (exact) mass is 321 g/mol. The quantitative estimate of drug-likeness (QED) is 0.752. The first kappa shape index (κ1) is 15.5. The topological polar surface area (TPSA) is 85.2 Å². The van der Waals surface area contributed by atoms with E-state index in [1.807, 2.05) is 4.68 Å². The van der Waals surface area contributed by atoms with Crippen molar-refractivity contribution < 1.29 is 0 Å². The molecule has 0 bridgehead atoms. The molecule has 1 fully saturated rings. The lowest BCUT2D eigenvalue weighted by Gasteiger charge is -2.05. The Bertz CT molecular complexity index is 573. The summed E-state index contributed by atoms with van der Waals surface area (Å²) < 4.78 is 1.85. The lowest BCUT2D eigenvalue weighted by atomic mass is 10.0. The number of aromatic amines is 1. The lowest BCUT2D eigenvalue weighted by Crippen LogP contribution is -2.04. The second-order valence-corrected chi connectivity index (χ2v) is 6.80. The zero-order chi connectivity index (χ0) is 15.2. The SMILES string of the molecule is CCCn1nnnc1CSc1n[nH]c(CCC2CCCC2)n1. The summed E-state index contributed by atoms with van der Waals surface area (Å²) in [6, 6.07) is 0. The molecular weight excluding hydrogens is 298 g/mol. The number of rotatable bonds is 8. The zero-order valence-electron chi connectivity index (χ0n) is 13.0. The van der Waals surface area contributed by atoms with Gasteiger partial charge in [0.15, 0.2) is 5.82 Å². The number of aryl methyl sites for hydroxylation is 2. The highest BCUT2D eigenvalue weighted by molar-refractivity contribution is 7.98. The summed E-state index contributed by atoms with van der Waals surface area (Å²) in [4.78, 5) is 4.56. The molecule has 120 valence electrons. The number of nitrogens with one attached hydrogen (secondary N) is 1. The van der Waals surface area contributed by atoms with Crippen molar-refractivity contribution in [3.05, 3.63) is 11.6 Å². The van der Waals surface area contributed by atoms with Crippen molar-refractivity contribution in [3.63, 3.8) is 0 Å². The number of H-pyrrole nitrogens is 1. The molecule has 7 nitrogen and oxygen atoms in total. The Morgan fingerprint density at radius 3 is 3.00 bits per heavy atom. The molecule has 2 heterocycles. The average molecular weight is 321 g/mol. The van der Waals surface area contributed by atoms with E-state index in [2.05, 4.69) is 37.6 Å². The van der Waals surface area contributed by atoms with Crippen LogP contribution in [-0.4, -0.2) is 35.4 Å². The second-order valence-electron chi connectivity index (χ2n) is 5.86. The van der Waals surface area contributed by atoms with Crippen LogP contribution in [0.5, 0.6) is 0 Å². The average Bonchev–Trinajstić information content (AvgIpc) is 3.26. The van der Waals surface area contributed by atoms with Gasteiger partial charge in [-0.05, 0) is 29.2 Å². The predicted octanol–water partition coefficient (Wildman–Crippen LogP) is 2.62. The van der Waals surface area contributed by atoms with Crippen LogP contribution < -0.4 is 0 Å². The van der Waals surface area contributed by atoms with Gasteiger partial charge in [0.2, 0.25) is 5.16 Å². The molecule has 0 saturated heterocycles. The smallest absolute Gasteiger partial charge is 0.208 e. The third-order valence-electron chi connectivity index (χ3n) is 4.15. The Hall–Kier alpha value is -1.44. The molecule has 1 aliphatic carbocycles. The third kappa shape index (κ3) is 4.06. The first-order valence-corrected chi connectivity index (χ1v) is 9.13. The van der Waals surface area contributed by atoms with Crippen LogP contribution in [-0.2, 0) is 18.7 Å². The Labute approximate surface area is 134 Å². The number of nitrogens with zero attached hydrogens (tertiary/aromatic N) is 6. The van der Waals surface area contributed by atoms with Crippen molar-refractivity contribution in [1.82, 2.24) is 35.4 Å². The molecule has 0 aromatic carbocycles. The van der Waals surface area contributed by atoms with Crippen LogP contribution in [0.2, 0.25) is 0 Å². The molecule has 0 amide bonds. The molecule has 2 aromatic heterocycles. The van der Waals surface area contributed by atoms with Crippen molar-refractivity contribution in [2.24, 2.45) is 5.92 Å². The van der Waals surface area contributed by atoms with E-state index < -0.39 is 0 Å². The van der Waals surface area contributed by atoms with E-state index in [1.165, 1.54) is 32.1 Å². The van der Waals surface area contributed by atoms with Crippen LogP contribution in [0.1, 0.15) is 57.1 Å². The van der Waals surface area contributed by atoms with E-state index in [1.54, 1.807) is 11.8 Å². The van der Waals surface area contributed by atoms with Crippen LogP contribution in [0, 0.1) is 5.92 Å². The summed E-state index contributed by atoms with van der Waals surface area (Å²) in [7, 11) is 0. The molecule has 2 aromatic rings. The van der Waals surface area contributed by atoms with Gasteiger partial charge < -0.3 is 0 Å². The minimum Gasteiger partial charge on any atom is -0.262 e. The first-order chi connectivity index (χ1) is 10.8. The van der Waals surface area contributed by atoms with Gasteiger partial charge in [-0.3, -0.25) is 5.10 Å². The molecule has 22 heavy (non-hydrogen) atoms. The first-order valence-electron chi connectivity index (χ1n) is 8.14. The largest absolute Gasteiger partial charge is 0.262 e. The fourth-order valence-corrected chi connectivity index (χ4v) is 3.69. The Kier molecular flexibility index (Phi) is 5.42. The molecular formula is C14H23N7S. The van der Waals surface area contributed by atoms with Crippen molar-refractivity contribution in [2.75, 3.05) is 0 Å². The van der Waals surface area contributed by atoms with Crippen LogP contribution in [0.15, 0.2) is 5.16 Å². The van der Waals surface area contributed by atoms with Gasteiger partial charge in [0.25, 0.3) is 0 Å². The molecule has 1 saturated carbocycles. The van der Waals surface area contributed by atoms with E-state index >= 15 is 0 Å². The standard InChI is InChI=1S/C14H23N7S/c1-2-9-21-13(17-19-20-21)10-22-14-15-12(16-18-14)8-7-11-5-3-4-6-11/h11H,2-10H2,1H3,(H,15,16,18). The van der Waals surface area contributed by atoms with Crippen molar-refractivity contribution in [2.45, 2.75) is 69.3 Å². The fourth-order valence-electron chi connectivity index (χ4n) is 2.94. The zero-order valence-corrected chi connectivity index (χ0v) is 13.8. The number of aromatic nitrogens is 7.